The minimum absolute atomic E-state index is 0.0824. The molecular weight excluding hydrogens is 228 g/mol. The molecule has 0 unspecified atom stereocenters. The van der Waals surface area contributed by atoms with Crippen molar-refractivity contribution in [2.45, 2.75) is 47.0 Å². The SMILES string of the molecule is C=CC1=C(/C=C\C)C(C)(C)c2ccc(C)cc21.CC. The first kappa shape index (κ1) is 15.5. The molecule has 0 atom stereocenters. The highest BCUT2D eigenvalue weighted by molar-refractivity contribution is 5.87. The predicted molar refractivity (Wildman–Crippen MR) is 87.5 cm³/mol. The zero-order chi connectivity index (χ0) is 14.6. The van der Waals surface area contributed by atoms with Crippen LogP contribution in [0.25, 0.3) is 5.57 Å². The lowest BCUT2D eigenvalue weighted by Crippen LogP contribution is -2.16. The molecule has 0 aliphatic heterocycles. The topological polar surface area (TPSA) is 0 Å². The van der Waals surface area contributed by atoms with Crippen molar-refractivity contribution in [2.75, 3.05) is 0 Å². The standard InChI is InChI=1S/C17H20.C2H6/c1-6-8-15-13(7-2)14-11-12(3)9-10-16(14)17(15,4)5;1-2/h6-11H,2H2,1,3-5H3;1-2H3/b8-6-;. The van der Waals surface area contributed by atoms with E-state index >= 15 is 0 Å². The highest BCUT2D eigenvalue weighted by Gasteiger charge is 2.34. The molecule has 0 amide bonds. The van der Waals surface area contributed by atoms with Crippen LogP contribution < -0.4 is 0 Å². The second-order valence-electron chi connectivity index (χ2n) is 5.21. The van der Waals surface area contributed by atoms with Gasteiger partial charge in [0, 0.05) is 5.41 Å². The molecule has 1 aromatic carbocycles. The van der Waals surface area contributed by atoms with Crippen molar-refractivity contribution in [3.63, 3.8) is 0 Å². The van der Waals surface area contributed by atoms with Gasteiger partial charge in [0.15, 0.2) is 0 Å². The summed E-state index contributed by atoms with van der Waals surface area (Å²) in [5, 5.41) is 0. The largest absolute Gasteiger partial charge is 0.0984 e. The summed E-state index contributed by atoms with van der Waals surface area (Å²) < 4.78 is 0. The molecule has 102 valence electrons. The molecule has 0 fully saturated rings. The molecule has 0 spiro atoms. The molecule has 0 aromatic heterocycles. The van der Waals surface area contributed by atoms with E-state index in [0.29, 0.717) is 0 Å². The molecule has 1 aromatic rings. The number of aryl methyl sites for hydroxylation is 1. The van der Waals surface area contributed by atoms with E-state index in [1.807, 2.05) is 19.9 Å². The first-order valence-corrected chi connectivity index (χ1v) is 7.13. The molecule has 1 aliphatic carbocycles. The average molecular weight is 254 g/mol. The third kappa shape index (κ3) is 2.58. The van der Waals surface area contributed by atoms with Gasteiger partial charge in [-0.15, -0.1) is 0 Å². The quantitative estimate of drug-likeness (QED) is 0.623. The predicted octanol–water partition coefficient (Wildman–Crippen LogP) is 5.83. The fourth-order valence-corrected chi connectivity index (χ4v) is 2.74. The lowest BCUT2D eigenvalue weighted by molar-refractivity contribution is 0.654. The molecule has 2 rings (SSSR count). The van der Waals surface area contributed by atoms with Gasteiger partial charge >= 0.3 is 0 Å². The number of hydrogen-bond donors (Lipinski definition) is 0. The lowest BCUT2D eigenvalue weighted by atomic mass is 9.81. The highest BCUT2D eigenvalue weighted by Crippen LogP contribution is 2.47. The van der Waals surface area contributed by atoms with Gasteiger partial charge in [0.1, 0.15) is 0 Å². The molecule has 0 nitrogen and oxygen atoms in total. The van der Waals surface area contributed by atoms with Crippen LogP contribution in [0.2, 0.25) is 0 Å². The van der Waals surface area contributed by atoms with E-state index in [1.165, 1.54) is 27.8 Å². The molecule has 0 N–H and O–H groups in total. The van der Waals surface area contributed by atoms with Gasteiger partial charge in [-0.3, -0.25) is 0 Å². The molecule has 0 saturated heterocycles. The molecule has 0 bridgehead atoms. The molecule has 0 heterocycles. The average Bonchev–Trinajstić information content (AvgIpc) is 2.60. The molecule has 0 saturated carbocycles. The summed E-state index contributed by atoms with van der Waals surface area (Å²) in [6.45, 7) is 16.8. The smallest absolute Gasteiger partial charge is 0.0158 e. The lowest BCUT2D eigenvalue weighted by Gasteiger charge is -2.22. The molecule has 19 heavy (non-hydrogen) atoms. The van der Waals surface area contributed by atoms with E-state index in [2.05, 4.69) is 64.6 Å². The Morgan fingerprint density at radius 3 is 2.32 bits per heavy atom. The van der Waals surface area contributed by atoms with Crippen LogP contribution in [0, 0.1) is 6.92 Å². The monoisotopic (exact) mass is 254 g/mol. The number of hydrogen-bond acceptors (Lipinski definition) is 0. The van der Waals surface area contributed by atoms with E-state index in [-0.39, 0.29) is 5.41 Å². The van der Waals surface area contributed by atoms with Crippen molar-refractivity contribution in [1.82, 2.24) is 0 Å². The third-order valence-corrected chi connectivity index (χ3v) is 3.64. The minimum Gasteiger partial charge on any atom is -0.0984 e. The number of benzene rings is 1. The Labute approximate surface area is 118 Å². The third-order valence-electron chi connectivity index (χ3n) is 3.64. The zero-order valence-electron chi connectivity index (χ0n) is 13.2. The van der Waals surface area contributed by atoms with Crippen LogP contribution in [-0.4, -0.2) is 0 Å². The summed E-state index contributed by atoms with van der Waals surface area (Å²) >= 11 is 0. The summed E-state index contributed by atoms with van der Waals surface area (Å²) in [7, 11) is 0. The van der Waals surface area contributed by atoms with Gasteiger partial charge < -0.3 is 0 Å². The summed E-state index contributed by atoms with van der Waals surface area (Å²) in [6.07, 6.45) is 6.31. The Balaban J connectivity index is 0.000000861. The van der Waals surface area contributed by atoms with Crippen molar-refractivity contribution < 1.29 is 0 Å². The second-order valence-corrected chi connectivity index (χ2v) is 5.21. The Bertz CT molecular complexity index is 525. The first-order valence-electron chi connectivity index (χ1n) is 7.13. The van der Waals surface area contributed by atoms with Crippen molar-refractivity contribution >= 4 is 5.57 Å². The van der Waals surface area contributed by atoms with Crippen molar-refractivity contribution in [2.24, 2.45) is 0 Å². The van der Waals surface area contributed by atoms with Crippen molar-refractivity contribution in [3.8, 4) is 0 Å². The van der Waals surface area contributed by atoms with Crippen molar-refractivity contribution in [3.05, 3.63) is 65.3 Å². The van der Waals surface area contributed by atoms with Gasteiger partial charge in [-0.05, 0) is 36.1 Å². The van der Waals surface area contributed by atoms with Gasteiger partial charge in [0.2, 0.25) is 0 Å². The van der Waals surface area contributed by atoms with Crippen LogP contribution in [0.1, 0.15) is 51.3 Å². The Morgan fingerprint density at radius 2 is 1.79 bits per heavy atom. The summed E-state index contributed by atoms with van der Waals surface area (Å²) in [5.74, 6) is 0. The Kier molecular flexibility index (Phi) is 4.94. The Morgan fingerprint density at radius 1 is 1.16 bits per heavy atom. The van der Waals surface area contributed by atoms with Gasteiger partial charge in [0.05, 0.1) is 0 Å². The fraction of sp³-hybridized carbons (Fsp3) is 0.368. The summed E-state index contributed by atoms with van der Waals surface area (Å²) in [5.41, 5.74) is 6.80. The Hall–Kier alpha value is -1.56. The van der Waals surface area contributed by atoms with Gasteiger partial charge in [-0.25, -0.2) is 0 Å². The number of rotatable bonds is 2. The van der Waals surface area contributed by atoms with Gasteiger partial charge in [-0.1, -0.05) is 76.3 Å². The van der Waals surface area contributed by atoms with E-state index in [0.717, 1.165) is 0 Å². The number of fused-ring (bicyclic) bond motifs is 1. The summed E-state index contributed by atoms with van der Waals surface area (Å²) in [4.78, 5) is 0. The van der Waals surface area contributed by atoms with Gasteiger partial charge in [-0.2, -0.15) is 0 Å². The maximum atomic E-state index is 3.98. The fourth-order valence-electron chi connectivity index (χ4n) is 2.74. The van der Waals surface area contributed by atoms with Gasteiger partial charge in [0.25, 0.3) is 0 Å². The number of allylic oxidation sites excluding steroid dienone is 5. The van der Waals surface area contributed by atoms with Crippen LogP contribution in [0.15, 0.2) is 48.6 Å². The van der Waals surface area contributed by atoms with E-state index < -0.39 is 0 Å². The van der Waals surface area contributed by atoms with Crippen LogP contribution in [-0.2, 0) is 5.41 Å². The highest BCUT2D eigenvalue weighted by atomic mass is 14.4. The molecule has 0 radical (unpaired) electrons. The van der Waals surface area contributed by atoms with Crippen LogP contribution in [0.4, 0.5) is 0 Å². The molecule has 1 aliphatic rings. The zero-order valence-corrected chi connectivity index (χ0v) is 13.2. The van der Waals surface area contributed by atoms with Crippen LogP contribution >= 0.6 is 0 Å². The van der Waals surface area contributed by atoms with E-state index in [1.54, 1.807) is 0 Å². The molecule has 0 heteroatoms. The normalized spacial score (nSPS) is 16.1. The maximum absolute atomic E-state index is 3.98. The minimum atomic E-state index is 0.0824. The summed E-state index contributed by atoms with van der Waals surface area (Å²) in [6, 6.07) is 6.72. The second kappa shape index (κ2) is 6.06. The van der Waals surface area contributed by atoms with Crippen LogP contribution in [0.3, 0.4) is 0 Å². The van der Waals surface area contributed by atoms with Crippen molar-refractivity contribution in [1.29, 1.82) is 0 Å². The van der Waals surface area contributed by atoms with Crippen LogP contribution in [0.5, 0.6) is 0 Å². The first-order chi connectivity index (χ1) is 9.02. The van der Waals surface area contributed by atoms with E-state index in [9.17, 15) is 0 Å². The maximum Gasteiger partial charge on any atom is 0.0158 e. The van der Waals surface area contributed by atoms with E-state index in [4.69, 9.17) is 0 Å². The molecular formula is C19H26.